The van der Waals surface area contributed by atoms with E-state index in [1.165, 1.54) is 0 Å². The molecule has 6 nitrogen and oxygen atoms in total. The Labute approximate surface area is 63.9 Å². The van der Waals surface area contributed by atoms with Crippen LogP contribution in [0.4, 0.5) is 0 Å². The summed E-state index contributed by atoms with van der Waals surface area (Å²) in [6.45, 7) is 0.462. The zero-order valence-corrected chi connectivity index (χ0v) is 6.41. The molecule has 0 aromatic heterocycles. The molecular weight excluding hydrogens is 176 g/mol. The molecule has 1 saturated heterocycles. The van der Waals surface area contributed by atoms with Gasteiger partial charge in [0.1, 0.15) is 0 Å². The summed E-state index contributed by atoms with van der Waals surface area (Å²) in [6.07, 6.45) is 0. The minimum Gasteiger partial charge on any atom is -0.264 e. The van der Waals surface area contributed by atoms with Crippen molar-refractivity contribution in [2.75, 3.05) is 19.8 Å². The molecule has 1 fully saturated rings. The highest BCUT2D eigenvalue weighted by atomic mass is 32.3. The molecule has 0 aliphatic carbocycles. The fourth-order valence-corrected chi connectivity index (χ4v) is 0.980. The first-order valence-electron chi connectivity index (χ1n) is 2.94. The summed E-state index contributed by atoms with van der Waals surface area (Å²) in [7, 11) is -4.32. The predicted octanol–water partition coefficient (Wildman–Crippen LogP) is -0.616. The second kappa shape index (κ2) is 3.46. The molecule has 11 heavy (non-hydrogen) atoms. The van der Waals surface area contributed by atoms with Crippen molar-refractivity contribution >= 4 is 10.4 Å². The molecule has 0 atom stereocenters. The van der Waals surface area contributed by atoms with Gasteiger partial charge < -0.3 is 0 Å². The van der Waals surface area contributed by atoms with Gasteiger partial charge in [-0.2, -0.15) is 8.42 Å². The molecule has 1 N–H and O–H groups in total. The summed E-state index contributed by atoms with van der Waals surface area (Å²) in [5.74, 6) is -0.128. The molecule has 1 aliphatic heterocycles. The van der Waals surface area contributed by atoms with Gasteiger partial charge in [0.05, 0.1) is 19.8 Å². The maximum atomic E-state index is 10.0. The molecule has 66 valence electrons. The molecule has 0 unspecified atom stereocenters. The van der Waals surface area contributed by atoms with Crippen LogP contribution >= 0.6 is 0 Å². The van der Waals surface area contributed by atoms with E-state index in [2.05, 4.69) is 14.0 Å². The van der Waals surface area contributed by atoms with Gasteiger partial charge in [-0.1, -0.05) is 0 Å². The molecule has 1 heterocycles. The van der Waals surface area contributed by atoms with E-state index in [0.29, 0.717) is 0 Å². The Morgan fingerprint density at radius 2 is 2.00 bits per heavy atom. The van der Waals surface area contributed by atoms with E-state index in [0.717, 1.165) is 0 Å². The SMILES string of the molecule is O=S(=O)(O)OCC1COOC1. The quantitative estimate of drug-likeness (QED) is 0.465. The summed E-state index contributed by atoms with van der Waals surface area (Å²) < 4.78 is 32.3. The monoisotopic (exact) mass is 184 g/mol. The molecule has 1 rings (SSSR count). The molecule has 1 aliphatic rings. The zero-order chi connectivity index (χ0) is 8.32. The Kier molecular flexibility index (Phi) is 2.79. The predicted molar refractivity (Wildman–Crippen MR) is 32.9 cm³/mol. The normalized spacial score (nSPS) is 20.8. The van der Waals surface area contributed by atoms with E-state index in [9.17, 15) is 8.42 Å². The Bertz CT molecular complexity index is 203. The molecule has 7 heteroatoms. The Morgan fingerprint density at radius 1 is 1.45 bits per heavy atom. The first-order valence-corrected chi connectivity index (χ1v) is 4.31. The summed E-state index contributed by atoms with van der Waals surface area (Å²) in [5.41, 5.74) is 0. The van der Waals surface area contributed by atoms with Crippen LogP contribution in [0.1, 0.15) is 0 Å². The van der Waals surface area contributed by atoms with E-state index in [-0.39, 0.29) is 25.7 Å². The largest absolute Gasteiger partial charge is 0.397 e. The van der Waals surface area contributed by atoms with Crippen LogP contribution in [0.5, 0.6) is 0 Å². The second-order valence-corrected chi connectivity index (χ2v) is 3.24. The van der Waals surface area contributed by atoms with Gasteiger partial charge in [-0.15, -0.1) is 0 Å². The summed E-state index contributed by atoms with van der Waals surface area (Å²) in [6, 6.07) is 0. The number of rotatable bonds is 3. The second-order valence-electron chi connectivity index (χ2n) is 2.15. The first kappa shape index (κ1) is 8.88. The molecule has 0 bridgehead atoms. The third kappa shape index (κ3) is 3.63. The Morgan fingerprint density at radius 3 is 2.45 bits per heavy atom. The molecule has 0 aromatic carbocycles. The first-order chi connectivity index (χ1) is 5.08. The summed E-state index contributed by atoms with van der Waals surface area (Å²) in [4.78, 5) is 8.93. The van der Waals surface area contributed by atoms with Crippen molar-refractivity contribution in [3.63, 3.8) is 0 Å². The molecule has 0 saturated carbocycles. The van der Waals surface area contributed by atoms with Crippen molar-refractivity contribution in [1.29, 1.82) is 0 Å². The lowest BCUT2D eigenvalue weighted by molar-refractivity contribution is -0.248. The lowest BCUT2D eigenvalue weighted by Gasteiger charge is -2.02. The van der Waals surface area contributed by atoms with E-state index in [4.69, 9.17) is 4.55 Å². The van der Waals surface area contributed by atoms with Gasteiger partial charge in [-0.25, -0.2) is 14.0 Å². The number of hydrogen-bond donors (Lipinski definition) is 1. The van der Waals surface area contributed by atoms with Crippen molar-refractivity contribution in [3.8, 4) is 0 Å². The van der Waals surface area contributed by atoms with Crippen LogP contribution in [0, 0.1) is 5.92 Å². The molecule has 0 radical (unpaired) electrons. The lowest BCUT2D eigenvalue weighted by atomic mass is 10.2. The van der Waals surface area contributed by atoms with Gasteiger partial charge in [-0.05, 0) is 0 Å². The van der Waals surface area contributed by atoms with Crippen molar-refractivity contribution in [2.45, 2.75) is 0 Å². The maximum absolute atomic E-state index is 10.0. The van der Waals surface area contributed by atoms with Crippen molar-refractivity contribution in [1.82, 2.24) is 0 Å². The van der Waals surface area contributed by atoms with Crippen LogP contribution in [0.15, 0.2) is 0 Å². The third-order valence-electron chi connectivity index (χ3n) is 1.14. The van der Waals surface area contributed by atoms with Crippen LogP contribution in [-0.4, -0.2) is 32.8 Å². The lowest BCUT2D eigenvalue weighted by Crippen LogP contribution is -2.15. The molecule has 0 spiro atoms. The maximum Gasteiger partial charge on any atom is 0.397 e. The highest BCUT2D eigenvalue weighted by molar-refractivity contribution is 7.80. The van der Waals surface area contributed by atoms with Crippen LogP contribution in [0.25, 0.3) is 0 Å². The summed E-state index contributed by atoms with van der Waals surface area (Å²) in [5, 5.41) is 0. The van der Waals surface area contributed by atoms with Gasteiger partial charge in [-0.3, -0.25) is 4.55 Å². The van der Waals surface area contributed by atoms with Gasteiger partial charge in [0, 0.05) is 5.92 Å². The fraction of sp³-hybridized carbons (Fsp3) is 1.00. The average Bonchev–Trinajstić information content (AvgIpc) is 2.32. The standard InChI is InChI=1S/C4H8O6S/c5-11(6,7)10-3-4-1-8-9-2-4/h4H,1-3H2,(H,5,6,7). The Hall–Kier alpha value is -0.210. The van der Waals surface area contributed by atoms with Crippen LogP contribution in [0.2, 0.25) is 0 Å². The van der Waals surface area contributed by atoms with Gasteiger partial charge in [0.25, 0.3) is 0 Å². The van der Waals surface area contributed by atoms with Gasteiger partial charge >= 0.3 is 10.4 Å². The molecule has 0 amide bonds. The highest BCUT2D eigenvalue weighted by Gasteiger charge is 2.19. The zero-order valence-electron chi connectivity index (χ0n) is 5.60. The van der Waals surface area contributed by atoms with Crippen LogP contribution in [0.3, 0.4) is 0 Å². The average molecular weight is 184 g/mol. The van der Waals surface area contributed by atoms with Gasteiger partial charge in [0.2, 0.25) is 0 Å². The minimum absolute atomic E-state index is 0.112. The van der Waals surface area contributed by atoms with E-state index in [1.54, 1.807) is 0 Å². The minimum atomic E-state index is -4.32. The van der Waals surface area contributed by atoms with Gasteiger partial charge in [0.15, 0.2) is 0 Å². The van der Waals surface area contributed by atoms with E-state index >= 15 is 0 Å². The summed E-state index contributed by atoms with van der Waals surface area (Å²) >= 11 is 0. The topological polar surface area (TPSA) is 82.1 Å². The third-order valence-corrected chi connectivity index (χ3v) is 1.58. The molecular formula is C4H8O6S. The smallest absolute Gasteiger partial charge is 0.264 e. The van der Waals surface area contributed by atoms with Crippen LogP contribution in [-0.2, 0) is 24.4 Å². The van der Waals surface area contributed by atoms with Crippen LogP contribution < -0.4 is 0 Å². The Balaban J connectivity index is 2.22. The van der Waals surface area contributed by atoms with E-state index in [1.807, 2.05) is 0 Å². The van der Waals surface area contributed by atoms with Crippen molar-refractivity contribution < 1.29 is 26.9 Å². The fourth-order valence-electron chi connectivity index (χ4n) is 0.615. The highest BCUT2D eigenvalue weighted by Crippen LogP contribution is 2.08. The number of hydrogen-bond acceptors (Lipinski definition) is 5. The van der Waals surface area contributed by atoms with Crippen molar-refractivity contribution in [3.05, 3.63) is 0 Å². The molecule has 0 aromatic rings. The van der Waals surface area contributed by atoms with Crippen molar-refractivity contribution in [2.24, 2.45) is 5.92 Å². The van der Waals surface area contributed by atoms with E-state index < -0.39 is 10.4 Å².